The molecule has 0 aromatic heterocycles. The van der Waals surface area contributed by atoms with Gasteiger partial charge in [-0.15, -0.1) is 11.6 Å². The van der Waals surface area contributed by atoms with Gasteiger partial charge in [-0.2, -0.15) is 0 Å². The molecule has 0 aliphatic rings. The van der Waals surface area contributed by atoms with Crippen LogP contribution in [0.15, 0.2) is 24.3 Å². The average Bonchev–Trinajstić information content (AvgIpc) is 2.18. The van der Waals surface area contributed by atoms with E-state index in [2.05, 4.69) is 43.0 Å². The van der Waals surface area contributed by atoms with Crippen molar-refractivity contribution in [1.82, 2.24) is 4.90 Å². The molecule has 0 spiro atoms. The number of halogens is 1. The minimum atomic E-state index is 0.575. The van der Waals surface area contributed by atoms with Crippen LogP contribution in [0, 0.1) is 0 Å². The van der Waals surface area contributed by atoms with E-state index in [4.69, 9.17) is 11.6 Å². The highest BCUT2D eigenvalue weighted by atomic mass is 35.5. The van der Waals surface area contributed by atoms with Crippen LogP contribution in [0.5, 0.6) is 0 Å². The Balaban J connectivity index is 2.64. The average molecular weight is 212 g/mol. The Kier molecular flexibility index (Phi) is 4.43. The lowest BCUT2D eigenvalue weighted by molar-refractivity contribution is 0.382. The number of hydrogen-bond acceptors (Lipinski definition) is 1. The molecule has 0 N–H and O–H groups in total. The van der Waals surface area contributed by atoms with E-state index in [1.165, 1.54) is 11.1 Å². The zero-order chi connectivity index (χ0) is 10.6. The molecule has 1 rings (SSSR count). The van der Waals surface area contributed by atoms with Gasteiger partial charge in [0.25, 0.3) is 0 Å². The molecule has 0 amide bonds. The van der Waals surface area contributed by atoms with Crippen LogP contribution in [0.2, 0.25) is 0 Å². The Hall–Kier alpha value is -0.530. The molecule has 0 aliphatic carbocycles. The molecule has 2 heteroatoms. The Morgan fingerprint density at radius 3 is 2.21 bits per heavy atom. The summed E-state index contributed by atoms with van der Waals surface area (Å²) in [6.45, 7) is 5.33. The Morgan fingerprint density at radius 2 is 1.79 bits per heavy atom. The fraction of sp³-hybridized carbons (Fsp3) is 0.500. The molecule has 0 aliphatic heterocycles. The zero-order valence-corrected chi connectivity index (χ0v) is 9.88. The second-order valence-electron chi connectivity index (χ2n) is 4.03. The maximum Gasteiger partial charge on any atom is 0.0738 e. The summed E-state index contributed by atoms with van der Waals surface area (Å²) in [5.74, 6) is 0.606. The summed E-state index contributed by atoms with van der Waals surface area (Å²) in [7, 11) is 2.02. The van der Waals surface area contributed by atoms with Gasteiger partial charge in [0.05, 0.1) is 6.00 Å². The van der Waals surface area contributed by atoms with Crippen molar-refractivity contribution in [2.24, 2.45) is 0 Å². The van der Waals surface area contributed by atoms with Gasteiger partial charge in [0.2, 0.25) is 0 Å². The molecule has 0 bridgehead atoms. The van der Waals surface area contributed by atoms with Crippen LogP contribution < -0.4 is 0 Å². The normalized spacial score (nSPS) is 11.3. The van der Waals surface area contributed by atoms with Gasteiger partial charge in [-0.25, -0.2) is 0 Å². The molecule has 0 heterocycles. The Bertz CT molecular complexity index is 266. The van der Waals surface area contributed by atoms with Crippen LogP contribution in [0.4, 0.5) is 0 Å². The van der Waals surface area contributed by atoms with Crippen molar-refractivity contribution < 1.29 is 0 Å². The fourth-order valence-electron chi connectivity index (χ4n) is 1.36. The Labute approximate surface area is 91.7 Å². The summed E-state index contributed by atoms with van der Waals surface area (Å²) in [6, 6.07) is 9.33. The van der Waals surface area contributed by atoms with Crippen molar-refractivity contribution in [3.8, 4) is 0 Å². The van der Waals surface area contributed by atoms with E-state index in [1.807, 2.05) is 7.05 Å². The number of nitrogens with zero attached hydrogens (tertiary/aromatic N) is 1. The molecule has 0 fully saturated rings. The SMILES string of the molecule is CC(C)c1ccc(CN(C)CCl)cc1. The lowest BCUT2D eigenvalue weighted by Gasteiger charge is -2.13. The molecule has 1 aromatic rings. The van der Waals surface area contributed by atoms with Gasteiger partial charge >= 0.3 is 0 Å². The molecular weight excluding hydrogens is 194 g/mol. The lowest BCUT2D eigenvalue weighted by atomic mass is 10.0. The van der Waals surface area contributed by atoms with Gasteiger partial charge in [-0.1, -0.05) is 38.1 Å². The summed E-state index contributed by atoms with van der Waals surface area (Å²) in [5, 5.41) is 0. The summed E-state index contributed by atoms with van der Waals surface area (Å²) in [5.41, 5.74) is 2.71. The van der Waals surface area contributed by atoms with E-state index in [0.717, 1.165) is 6.54 Å². The smallest absolute Gasteiger partial charge is 0.0738 e. The fourth-order valence-corrected chi connectivity index (χ4v) is 1.45. The van der Waals surface area contributed by atoms with Gasteiger partial charge in [0.15, 0.2) is 0 Å². The number of alkyl halides is 1. The van der Waals surface area contributed by atoms with Crippen LogP contribution >= 0.6 is 11.6 Å². The van der Waals surface area contributed by atoms with E-state index in [0.29, 0.717) is 11.9 Å². The predicted octanol–water partition coefficient (Wildman–Crippen LogP) is 3.44. The summed E-state index contributed by atoms with van der Waals surface area (Å²) >= 11 is 5.71. The van der Waals surface area contributed by atoms with E-state index in [-0.39, 0.29) is 0 Å². The first-order valence-electron chi connectivity index (χ1n) is 4.97. The standard InChI is InChI=1S/C12H18ClN/c1-10(2)12-6-4-11(5-7-12)8-14(3)9-13/h4-7,10H,8-9H2,1-3H3. The third-order valence-corrected chi connectivity index (χ3v) is 2.71. The Morgan fingerprint density at radius 1 is 1.21 bits per heavy atom. The lowest BCUT2D eigenvalue weighted by Crippen LogP contribution is -2.15. The van der Waals surface area contributed by atoms with Crippen LogP contribution in [-0.2, 0) is 6.54 Å². The summed E-state index contributed by atoms with van der Waals surface area (Å²) in [6.07, 6.45) is 0. The van der Waals surface area contributed by atoms with E-state index in [1.54, 1.807) is 0 Å². The van der Waals surface area contributed by atoms with E-state index < -0.39 is 0 Å². The van der Waals surface area contributed by atoms with Gasteiger partial charge in [-0.3, -0.25) is 4.90 Å². The quantitative estimate of drug-likeness (QED) is 0.545. The monoisotopic (exact) mass is 211 g/mol. The third kappa shape index (κ3) is 3.32. The van der Waals surface area contributed by atoms with Crippen molar-refractivity contribution in [3.05, 3.63) is 35.4 Å². The first kappa shape index (κ1) is 11.5. The molecule has 14 heavy (non-hydrogen) atoms. The molecule has 0 saturated heterocycles. The van der Waals surface area contributed by atoms with Crippen molar-refractivity contribution in [3.63, 3.8) is 0 Å². The molecule has 0 saturated carbocycles. The number of hydrogen-bond donors (Lipinski definition) is 0. The highest BCUT2D eigenvalue weighted by Gasteiger charge is 2.00. The highest BCUT2D eigenvalue weighted by molar-refractivity contribution is 6.17. The second-order valence-corrected chi connectivity index (χ2v) is 4.27. The second kappa shape index (κ2) is 5.38. The third-order valence-electron chi connectivity index (χ3n) is 2.30. The van der Waals surface area contributed by atoms with Crippen LogP contribution in [0.1, 0.15) is 30.9 Å². The van der Waals surface area contributed by atoms with Crippen LogP contribution in [-0.4, -0.2) is 18.0 Å². The molecule has 0 atom stereocenters. The maximum absolute atomic E-state index is 5.71. The zero-order valence-electron chi connectivity index (χ0n) is 9.13. The van der Waals surface area contributed by atoms with Gasteiger partial charge < -0.3 is 0 Å². The molecule has 1 nitrogen and oxygen atoms in total. The first-order chi connectivity index (χ1) is 6.63. The van der Waals surface area contributed by atoms with Gasteiger partial charge in [0.1, 0.15) is 0 Å². The van der Waals surface area contributed by atoms with Crippen molar-refractivity contribution in [2.75, 3.05) is 13.1 Å². The number of rotatable bonds is 4. The summed E-state index contributed by atoms with van der Waals surface area (Å²) in [4.78, 5) is 2.08. The molecule has 0 radical (unpaired) electrons. The van der Waals surface area contributed by atoms with E-state index in [9.17, 15) is 0 Å². The molecule has 78 valence electrons. The predicted molar refractivity (Wildman–Crippen MR) is 62.7 cm³/mol. The van der Waals surface area contributed by atoms with Crippen LogP contribution in [0.3, 0.4) is 0 Å². The molecular formula is C12H18ClN. The van der Waals surface area contributed by atoms with Crippen molar-refractivity contribution in [1.29, 1.82) is 0 Å². The topological polar surface area (TPSA) is 3.24 Å². The van der Waals surface area contributed by atoms with Crippen molar-refractivity contribution in [2.45, 2.75) is 26.3 Å². The van der Waals surface area contributed by atoms with Gasteiger partial charge in [-0.05, 0) is 24.1 Å². The van der Waals surface area contributed by atoms with Gasteiger partial charge in [0, 0.05) is 6.54 Å². The molecule has 1 aromatic carbocycles. The van der Waals surface area contributed by atoms with E-state index >= 15 is 0 Å². The maximum atomic E-state index is 5.71. The largest absolute Gasteiger partial charge is 0.289 e. The minimum absolute atomic E-state index is 0.575. The highest BCUT2D eigenvalue weighted by Crippen LogP contribution is 2.15. The van der Waals surface area contributed by atoms with Crippen molar-refractivity contribution >= 4 is 11.6 Å². The first-order valence-corrected chi connectivity index (χ1v) is 5.50. The van der Waals surface area contributed by atoms with Crippen LogP contribution in [0.25, 0.3) is 0 Å². The summed E-state index contributed by atoms with van der Waals surface area (Å²) < 4.78 is 0. The molecule has 0 unspecified atom stereocenters. The number of benzene rings is 1. The minimum Gasteiger partial charge on any atom is -0.289 e.